The van der Waals surface area contributed by atoms with E-state index in [0.717, 1.165) is 11.3 Å². The van der Waals surface area contributed by atoms with Gasteiger partial charge in [-0.25, -0.2) is 9.97 Å². The molecule has 9 heteroatoms. The van der Waals surface area contributed by atoms with Crippen LogP contribution in [-0.4, -0.2) is 43.6 Å². The number of tetrazole rings is 1. The van der Waals surface area contributed by atoms with E-state index in [2.05, 4.69) is 30.6 Å². The molecule has 24 heavy (non-hydrogen) atoms. The average molecular weight is 325 g/mol. The van der Waals surface area contributed by atoms with Crippen LogP contribution in [0.1, 0.15) is 21.9 Å². The van der Waals surface area contributed by atoms with Crippen LogP contribution in [0.25, 0.3) is 11.5 Å². The summed E-state index contributed by atoms with van der Waals surface area (Å²) in [4.78, 5) is 20.1. The molecule has 0 aliphatic carbocycles. The van der Waals surface area contributed by atoms with Crippen LogP contribution in [0.15, 0.2) is 30.3 Å². The molecule has 0 saturated heterocycles. The topological polar surface area (TPSA) is 133 Å². The van der Waals surface area contributed by atoms with Gasteiger partial charge in [0.2, 0.25) is 5.82 Å². The summed E-state index contributed by atoms with van der Waals surface area (Å²) in [6, 6.07) is 9.17. The lowest BCUT2D eigenvalue weighted by molar-refractivity contribution is 0.0995. The molecule has 0 spiro atoms. The number of amides is 1. The molecule has 122 valence electrons. The van der Waals surface area contributed by atoms with Gasteiger partial charge >= 0.3 is 0 Å². The fourth-order valence-electron chi connectivity index (χ4n) is 2.20. The fraction of sp³-hybridized carbons (Fsp3) is 0.200. The molecule has 0 aliphatic rings. The molecule has 0 saturated carbocycles. The number of hydrogen-bond acceptors (Lipinski definition) is 7. The number of aromatic nitrogens is 6. The number of nitrogens with one attached hydrogen (secondary N) is 1. The third-order valence-electron chi connectivity index (χ3n) is 3.37. The van der Waals surface area contributed by atoms with Gasteiger partial charge in [0, 0.05) is 6.42 Å². The largest absolute Gasteiger partial charge is 0.497 e. The van der Waals surface area contributed by atoms with Crippen LogP contribution in [0, 0.1) is 0 Å². The van der Waals surface area contributed by atoms with Gasteiger partial charge in [0.25, 0.3) is 5.91 Å². The lowest BCUT2D eigenvalue weighted by atomic mass is 10.1. The smallest absolute Gasteiger partial charge is 0.267 e. The quantitative estimate of drug-likeness (QED) is 0.676. The summed E-state index contributed by atoms with van der Waals surface area (Å²) in [6.07, 6.45) is 1.21. The van der Waals surface area contributed by atoms with Crippen LogP contribution in [0.3, 0.4) is 0 Å². The number of methoxy groups -OCH3 is 1. The minimum Gasteiger partial charge on any atom is -0.497 e. The number of H-pyrrole nitrogens is 1. The van der Waals surface area contributed by atoms with Crippen molar-refractivity contribution in [1.82, 2.24) is 30.6 Å². The molecule has 3 aromatic rings. The zero-order valence-electron chi connectivity index (χ0n) is 12.9. The number of ether oxygens (including phenoxy) is 1. The second kappa shape index (κ2) is 6.82. The van der Waals surface area contributed by atoms with Crippen LogP contribution < -0.4 is 10.5 Å². The van der Waals surface area contributed by atoms with Gasteiger partial charge in [-0.15, -0.1) is 10.2 Å². The first-order chi connectivity index (χ1) is 11.7. The molecule has 0 bridgehead atoms. The van der Waals surface area contributed by atoms with Crippen molar-refractivity contribution in [2.45, 2.75) is 12.8 Å². The molecule has 1 amide bonds. The van der Waals surface area contributed by atoms with Gasteiger partial charge in [0.05, 0.1) is 7.11 Å². The molecule has 3 N–H and O–H groups in total. The summed E-state index contributed by atoms with van der Waals surface area (Å²) >= 11 is 0. The number of nitrogens with two attached hydrogens (primary N) is 1. The van der Waals surface area contributed by atoms with E-state index < -0.39 is 5.91 Å². The predicted octanol–water partition coefficient (Wildman–Crippen LogP) is 0.549. The lowest BCUT2D eigenvalue weighted by Gasteiger charge is -2.06. The summed E-state index contributed by atoms with van der Waals surface area (Å²) in [5.41, 5.74) is 6.93. The maximum atomic E-state index is 11.5. The lowest BCUT2D eigenvalue weighted by Crippen LogP contribution is -2.15. The summed E-state index contributed by atoms with van der Waals surface area (Å²) in [6.45, 7) is 0. The zero-order valence-corrected chi connectivity index (χ0v) is 12.9. The van der Waals surface area contributed by atoms with Crippen molar-refractivity contribution in [3.05, 3.63) is 47.4 Å². The number of hydrogen-bond donors (Lipinski definition) is 2. The third kappa shape index (κ3) is 3.51. The number of nitrogens with zero attached hydrogens (tertiary/aromatic N) is 5. The molecule has 2 aromatic heterocycles. The highest BCUT2D eigenvalue weighted by Crippen LogP contribution is 2.16. The Hall–Kier alpha value is -3.36. The molecule has 0 aliphatic heterocycles. The highest BCUT2D eigenvalue weighted by molar-refractivity contribution is 5.91. The van der Waals surface area contributed by atoms with E-state index in [9.17, 15) is 4.79 Å². The highest BCUT2D eigenvalue weighted by Gasteiger charge is 2.13. The molecule has 3 rings (SSSR count). The second-order valence-corrected chi connectivity index (χ2v) is 5.01. The van der Waals surface area contributed by atoms with Crippen LogP contribution in [0.4, 0.5) is 0 Å². The molecule has 2 heterocycles. The van der Waals surface area contributed by atoms with Crippen molar-refractivity contribution in [2.24, 2.45) is 5.73 Å². The van der Waals surface area contributed by atoms with Gasteiger partial charge in [-0.2, -0.15) is 5.21 Å². The zero-order chi connectivity index (χ0) is 16.9. The Labute approximate surface area is 137 Å². The van der Waals surface area contributed by atoms with Crippen molar-refractivity contribution >= 4 is 5.91 Å². The Balaban J connectivity index is 1.85. The predicted molar refractivity (Wildman–Crippen MR) is 84.1 cm³/mol. The highest BCUT2D eigenvalue weighted by atomic mass is 16.5. The SMILES string of the molecule is COc1cccc(CCc2nc(C(N)=O)cc(-c3nn[nH]n3)n2)c1. The number of carbonyl (C=O) groups excluding carboxylic acids is 1. The number of primary amides is 1. The minimum atomic E-state index is -0.634. The third-order valence-corrected chi connectivity index (χ3v) is 3.37. The van der Waals surface area contributed by atoms with Gasteiger partial charge in [-0.1, -0.05) is 12.1 Å². The maximum absolute atomic E-state index is 11.5. The first kappa shape index (κ1) is 15.5. The van der Waals surface area contributed by atoms with Crippen LogP contribution in [-0.2, 0) is 12.8 Å². The minimum absolute atomic E-state index is 0.116. The van der Waals surface area contributed by atoms with E-state index in [1.165, 1.54) is 6.07 Å². The van der Waals surface area contributed by atoms with Crippen molar-refractivity contribution in [3.63, 3.8) is 0 Å². The van der Waals surface area contributed by atoms with E-state index >= 15 is 0 Å². The maximum Gasteiger partial charge on any atom is 0.267 e. The van der Waals surface area contributed by atoms with E-state index in [1.54, 1.807) is 7.11 Å². The Kier molecular flexibility index (Phi) is 4.41. The van der Waals surface area contributed by atoms with Crippen molar-refractivity contribution in [2.75, 3.05) is 7.11 Å². The van der Waals surface area contributed by atoms with E-state index in [4.69, 9.17) is 10.5 Å². The molecule has 0 radical (unpaired) electrons. The van der Waals surface area contributed by atoms with Crippen LogP contribution in [0.5, 0.6) is 5.75 Å². The fourth-order valence-corrected chi connectivity index (χ4v) is 2.20. The normalized spacial score (nSPS) is 10.5. The van der Waals surface area contributed by atoms with Crippen molar-refractivity contribution in [3.8, 4) is 17.3 Å². The Morgan fingerprint density at radius 2 is 2.12 bits per heavy atom. The monoisotopic (exact) mass is 325 g/mol. The molecular formula is C15H15N7O2. The molecule has 1 aromatic carbocycles. The Morgan fingerprint density at radius 1 is 1.25 bits per heavy atom. The summed E-state index contributed by atoms with van der Waals surface area (Å²) in [7, 11) is 1.62. The first-order valence-electron chi connectivity index (χ1n) is 7.20. The molecule has 0 unspecified atom stereocenters. The Morgan fingerprint density at radius 3 is 2.83 bits per heavy atom. The average Bonchev–Trinajstić information content (AvgIpc) is 3.14. The molecule has 0 atom stereocenters. The number of rotatable bonds is 6. The van der Waals surface area contributed by atoms with Crippen LogP contribution in [0.2, 0.25) is 0 Å². The van der Waals surface area contributed by atoms with Crippen LogP contribution >= 0.6 is 0 Å². The van der Waals surface area contributed by atoms with Gasteiger partial charge < -0.3 is 10.5 Å². The summed E-state index contributed by atoms with van der Waals surface area (Å²) in [5.74, 6) is 0.910. The summed E-state index contributed by atoms with van der Waals surface area (Å²) < 4.78 is 5.21. The van der Waals surface area contributed by atoms with E-state index in [1.807, 2.05) is 24.3 Å². The number of aryl methyl sites for hydroxylation is 2. The number of carbonyl (C=O) groups is 1. The second-order valence-electron chi connectivity index (χ2n) is 5.01. The van der Waals surface area contributed by atoms with E-state index in [-0.39, 0.29) is 11.5 Å². The van der Waals surface area contributed by atoms with Gasteiger partial charge in [-0.05, 0) is 35.4 Å². The van der Waals surface area contributed by atoms with Crippen molar-refractivity contribution in [1.29, 1.82) is 0 Å². The standard InChI is InChI=1S/C15H15N7O2/c1-24-10-4-2-3-9(7-10)5-6-13-17-11(14(16)23)8-12(18-13)15-19-21-22-20-15/h2-4,7-8H,5-6H2,1H3,(H2,16,23)(H,19,20,21,22). The van der Waals surface area contributed by atoms with E-state index in [0.29, 0.717) is 24.4 Å². The number of benzene rings is 1. The number of aromatic amines is 1. The first-order valence-corrected chi connectivity index (χ1v) is 7.20. The molecule has 9 nitrogen and oxygen atoms in total. The molecular weight excluding hydrogens is 310 g/mol. The molecule has 0 fully saturated rings. The van der Waals surface area contributed by atoms with Gasteiger partial charge in [0.1, 0.15) is 23.0 Å². The van der Waals surface area contributed by atoms with Gasteiger partial charge in [-0.3, -0.25) is 4.79 Å². The van der Waals surface area contributed by atoms with Crippen molar-refractivity contribution < 1.29 is 9.53 Å². The van der Waals surface area contributed by atoms with Gasteiger partial charge in [0.15, 0.2) is 0 Å². The Bertz CT molecular complexity index is 849. The summed E-state index contributed by atoms with van der Waals surface area (Å²) in [5, 5.41) is 13.6.